The fourth-order valence-corrected chi connectivity index (χ4v) is 3.90. The summed E-state index contributed by atoms with van der Waals surface area (Å²) < 4.78 is 6.38. The summed E-state index contributed by atoms with van der Waals surface area (Å²) in [6, 6.07) is 3.61. The summed E-state index contributed by atoms with van der Waals surface area (Å²) in [5.74, 6) is 0.761. The fraction of sp³-hybridized carbons (Fsp3) is 0.357. The van der Waals surface area contributed by atoms with Crippen LogP contribution < -0.4 is 10.1 Å². The molecule has 1 aliphatic carbocycles. The number of ether oxygens (including phenoxy) is 1. The van der Waals surface area contributed by atoms with Crippen molar-refractivity contribution in [2.75, 3.05) is 11.9 Å². The van der Waals surface area contributed by atoms with Gasteiger partial charge in [-0.15, -0.1) is 10.2 Å². The third kappa shape index (κ3) is 3.77. The number of nitrogens with zero attached hydrogens (tertiary/aromatic N) is 2. The molecule has 0 aliphatic heterocycles. The number of anilines is 1. The Morgan fingerprint density at radius 1 is 1.50 bits per heavy atom. The normalized spacial score (nSPS) is 14.0. The molecule has 3 rings (SSSR count). The Balaban J connectivity index is 1.57. The number of carbonyl (C=O) groups is 1. The van der Waals surface area contributed by atoms with E-state index < -0.39 is 0 Å². The number of nitrogens with one attached hydrogen (secondary N) is 1. The topological polar surface area (TPSA) is 64.1 Å². The average Bonchev–Trinajstić information content (AvgIpc) is 3.18. The van der Waals surface area contributed by atoms with Gasteiger partial charge in [0.1, 0.15) is 10.8 Å². The van der Waals surface area contributed by atoms with Crippen molar-refractivity contribution in [3.8, 4) is 5.75 Å². The molecule has 8 heteroatoms. The summed E-state index contributed by atoms with van der Waals surface area (Å²) in [5, 5.41) is 12.7. The highest BCUT2D eigenvalue weighted by Gasteiger charge is 2.27. The van der Waals surface area contributed by atoms with Gasteiger partial charge in [0.05, 0.1) is 5.02 Å². The molecule has 1 heterocycles. The highest BCUT2D eigenvalue weighted by molar-refractivity contribution is 9.10. The standard InChI is InChI=1S/C14H13BrClN3O2S/c1-7-4-9(15)5-10(16)12(7)21-6-11(20)17-14-19-18-13(22-14)8-2-3-8/h4-5,8H,2-3,6H2,1H3,(H,17,19,20). The third-order valence-corrected chi connectivity index (χ3v) is 4.90. The Labute approximate surface area is 145 Å². The number of carbonyl (C=O) groups excluding carboxylic acids is 1. The van der Waals surface area contributed by atoms with E-state index in [2.05, 4.69) is 31.4 Å². The van der Waals surface area contributed by atoms with Gasteiger partial charge in [-0.05, 0) is 37.5 Å². The molecule has 1 amide bonds. The molecule has 0 unspecified atom stereocenters. The summed E-state index contributed by atoms with van der Waals surface area (Å²) in [6.45, 7) is 1.75. The summed E-state index contributed by atoms with van der Waals surface area (Å²) in [7, 11) is 0. The van der Waals surface area contributed by atoms with E-state index in [1.165, 1.54) is 11.3 Å². The number of hydrogen-bond donors (Lipinski definition) is 1. The van der Waals surface area contributed by atoms with Crippen LogP contribution in [0.15, 0.2) is 16.6 Å². The second-order valence-electron chi connectivity index (χ2n) is 5.09. The second kappa shape index (κ2) is 6.52. The number of benzene rings is 1. The van der Waals surface area contributed by atoms with Crippen LogP contribution in [0.4, 0.5) is 5.13 Å². The zero-order valence-corrected chi connectivity index (χ0v) is 14.9. The van der Waals surface area contributed by atoms with E-state index in [0.717, 1.165) is 27.9 Å². The average molecular weight is 403 g/mol. The fourth-order valence-electron chi connectivity index (χ4n) is 1.95. The van der Waals surface area contributed by atoms with Crippen LogP contribution in [0.5, 0.6) is 5.75 Å². The van der Waals surface area contributed by atoms with Gasteiger partial charge in [0.15, 0.2) is 6.61 Å². The van der Waals surface area contributed by atoms with Crippen molar-refractivity contribution in [1.29, 1.82) is 0 Å². The molecule has 1 saturated carbocycles. The number of rotatable bonds is 5. The number of hydrogen-bond acceptors (Lipinski definition) is 5. The van der Waals surface area contributed by atoms with Gasteiger partial charge < -0.3 is 4.74 Å². The van der Waals surface area contributed by atoms with Gasteiger partial charge in [0.2, 0.25) is 5.13 Å². The van der Waals surface area contributed by atoms with Crippen molar-refractivity contribution in [1.82, 2.24) is 10.2 Å². The highest BCUT2D eigenvalue weighted by atomic mass is 79.9. The number of aromatic nitrogens is 2. The van der Waals surface area contributed by atoms with Crippen molar-refractivity contribution in [3.05, 3.63) is 32.2 Å². The predicted octanol–water partition coefficient (Wildman–Crippen LogP) is 4.16. The summed E-state index contributed by atoms with van der Waals surface area (Å²) in [5.41, 5.74) is 0.860. The monoisotopic (exact) mass is 401 g/mol. The van der Waals surface area contributed by atoms with Crippen LogP contribution in [0.2, 0.25) is 5.02 Å². The first-order valence-corrected chi connectivity index (χ1v) is 8.73. The van der Waals surface area contributed by atoms with Crippen LogP contribution in [0, 0.1) is 6.92 Å². The highest BCUT2D eigenvalue weighted by Crippen LogP contribution is 2.42. The number of aryl methyl sites for hydroxylation is 1. The third-order valence-electron chi connectivity index (χ3n) is 3.16. The van der Waals surface area contributed by atoms with Crippen LogP contribution in [0.3, 0.4) is 0 Å². The van der Waals surface area contributed by atoms with E-state index in [9.17, 15) is 4.79 Å². The van der Waals surface area contributed by atoms with Crippen LogP contribution in [-0.4, -0.2) is 22.7 Å². The maximum Gasteiger partial charge on any atom is 0.264 e. The van der Waals surface area contributed by atoms with Gasteiger partial charge >= 0.3 is 0 Å². The first kappa shape index (κ1) is 15.7. The minimum absolute atomic E-state index is 0.124. The first-order valence-electron chi connectivity index (χ1n) is 6.74. The maximum atomic E-state index is 11.9. The van der Waals surface area contributed by atoms with Crippen molar-refractivity contribution >= 4 is 49.9 Å². The minimum atomic E-state index is -0.281. The summed E-state index contributed by atoms with van der Waals surface area (Å²) in [4.78, 5) is 11.9. The predicted molar refractivity (Wildman–Crippen MR) is 89.9 cm³/mol. The van der Waals surface area contributed by atoms with E-state index in [4.69, 9.17) is 16.3 Å². The van der Waals surface area contributed by atoms with Crippen LogP contribution in [0.25, 0.3) is 0 Å². The van der Waals surface area contributed by atoms with Crippen LogP contribution >= 0.6 is 38.9 Å². The summed E-state index contributed by atoms with van der Waals surface area (Å²) in [6.07, 6.45) is 2.32. The molecule has 1 aromatic heterocycles. The Morgan fingerprint density at radius 2 is 2.27 bits per heavy atom. The van der Waals surface area contributed by atoms with Gasteiger partial charge in [-0.3, -0.25) is 10.1 Å². The van der Waals surface area contributed by atoms with E-state index in [1.54, 1.807) is 6.07 Å². The zero-order valence-electron chi connectivity index (χ0n) is 11.7. The quantitative estimate of drug-likeness (QED) is 0.815. The molecule has 116 valence electrons. The van der Waals surface area contributed by atoms with E-state index in [-0.39, 0.29) is 12.5 Å². The van der Waals surface area contributed by atoms with Crippen molar-refractivity contribution in [2.24, 2.45) is 0 Å². The van der Waals surface area contributed by atoms with E-state index in [1.807, 2.05) is 13.0 Å². The lowest BCUT2D eigenvalue weighted by molar-refractivity contribution is -0.118. The molecule has 2 aromatic rings. The van der Waals surface area contributed by atoms with Gasteiger partial charge in [-0.1, -0.05) is 38.9 Å². The lowest BCUT2D eigenvalue weighted by Crippen LogP contribution is -2.20. The molecule has 1 aliphatic rings. The minimum Gasteiger partial charge on any atom is -0.482 e. The molecule has 1 aromatic carbocycles. The molecular weight excluding hydrogens is 390 g/mol. The molecule has 5 nitrogen and oxygen atoms in total. The Kier molecular flexibility index (Phi) is 4.65. The lowest BCUT2D eigenvalue weighted by Gasteiger charge is -2.10. The van der Waals surface area contributed by atoms with Gasteiger partial charge in [0.25, 0.3) is 5.91 Å². The molecule has 0 saturated heterocycles. The molecule has 0 spiro atoms. The second-order valence-corrected chi connectivity index (χ2v) is 7.42. The van der Waals surface area contributed by atoms with Crippen LogP contribution in [0.1, 0.15) is 29.3 Å². The Hall–Kier alpha value is -1.18. The number of halogens is 2. The molecule has 1 N–H and O–H groups in total. The number of amides is 1. The van der Waals surface area contributed by atoms with Crippen molar-refractivity contribution in [2.45, 2.75) is 25.7 Å². The molecule has 22 heavy (non-hydrogen) atoms. The molecular formula is C14H13BrClN3O2S. The lowest BCUT2D eigenvalue weighted by atomic mass is 10.2. The maximum absolute atomic E-state index is 11.9. The Bertz CT molecular complexity index is 695. The smallest absolute Gasteiger partial charge is 0.264 e. The zero-order chi connectivity index (χ0) is 15.7. The van der Waals surface area contributed by atoms with E-state index in [0.29, 0.717) is 21.8 Å². The Morgan fingerprint density at radius 3 is 2.95 bits per heavy atom. The van der Waals surface area contributed by atoms with Gasteiger partial charge in [0, 0.05) is 10.4 Å². The van der Waals surface area contributed by atoms with Crippen LogP contribution in [-0.2, 0) is 4.79 Å². The molecule has 0 radical (unpaired) electrons. The summed E-state index contributed by atoms with van der Waals surface area (Å²) >= 11 is 10.9. The van der Waals surface area contributed by atoms with Crippen molar-refractivity contribution in [3.63, 3.8) is 0 Å². The van der Waals surface area contributed by atoms with Gasteiger partial charge in [-0.2, -0.15) is 0 Å². The first-order chi connectivity index (χ1) is 10.5. The van der Waals surface area contributed by atoms with Gasteiger partial charge in [-0.25, -0.2) is 0 Å². The molecule has 1 fully saturated rings. The molecule has 0 bridgehead atoms. The molecule has 0 atom stereocenters. The van der Waals surface area contributed by atoms with E-state index >= 15 is 0 Å². The SMILES string of the molecule is Cc1cc(Br)cc(Cl)c1OCC(=O)Nc1nnc(C2CC2)s1. The largest absolute Gasteiger partial charge is 0.482 e. The van der Waals surface area contributed by atoms with Crippen molar-refractivity contribution < 1.29 is 9.53 Å².